The molecule has 0 amide bonds. The third-order valence-corrected chi connectivity index (χ3v) is 13.4. The van der Waals surface area contributed by atoms with Crippen molar-refractivity contribution in [3.8, 4) is 0 Å². The SMILES string of the molecule is CC1(C)CC[C@]2(C(=O)O)CC[C@]3(C)C(=CC[C@@H]4[C@@]5(C)C[C@@H](O)[C@H](O)C(C)(C(=O)O)C5CC[C@]43C)[C@H]2[C@H]1O. The van der Waals surface area contributed by atoms with Gasteiger partial charge in [0.15, 0.2) is 0 Å². The summed E-state index contributed by atoms with van der Waals surface area (Å²) in [6.45, 7) is 12.3. The van der Waals surface area contributed by atoms with Crippen molar-refractivity contribution in [2.45, 2.75) is 111 Å². The molecule has 0 radical (unpaired) electrons. The Balaban J connectivity index is 1.64. The van der Waals surface area contributed by atoms with Crippen LogP contribution in [0.15, 0.2) is 11.6 Å². The van der Waals surface area contributed by atoms with Crippen molar-refractivity contribution in [2.24, 2.45) is 50.2 Å². The average molecular weight is 519 g/mol. The lowest BCUT2D eigenvalue weighted by Gasteiger charge is -2.71. The summed E-state index contributed by atoms with van der Waals surface area (Å²) in [4.78, 5) is 25.4. The Bertz CT molecular complexity index is 1050. The van der Waals surface area contributed by atoms with Gasteiger partial charge in [-0.25, -0.2) is 0 Å². The molecular formula is C30H46O7. The Labute approximate surface area is 220 Å². The summed E-state index contributed by atoms with van der Waals surface area (Å²) in [5.41, 5.74) is -2.80. The molecule has 0 saturated heterocycles. The molecule has 5 rings (SSSR count). The van der Waals surface area contributed by atoms with Crippen molar-refractivity contribution in [1.82, 2.24) is 0 Å². The van der Waals surface area contributed by atoms with Gasteiger partial charge in [0.2, 0.25) is 0 Å². The van der Waals surface area contributed by atoms with E-state index in [9.17, 15) is 35.1 Å². The van der Waals surface area contributed by atoms with Gasteiger partial charge in [0.05, 0.1) is 29.1 Å². The van der Waals surface area contributed by atoms with Crippen LogP contribution in [0.1, 0.15) is 92.9 Å². The quantitative estimate of drug-likeness (QED) is 0.345. The molecule has 0 bridgehead atoms. The van der Waals surface area contributed by atoms with Gasteiger partial charge in [0, 0.05) is 5.92 Å². The highest BCUT2D eigenvalue weighted by molar-refractivity contribution is 5.77. The average Bonchev–Trinajstić information content (AvgIpc) is 2.80. The normalized spacial score (nSPS) is 54.6. The van der Waals surface area contributed by atoms with Crippen LogP contribution in [0.5, 0.6) is 0 Å². The molecule has 2 unspecified atom stereocenters. The zero-order valence-electron chi connectivity index (χ0n) is 23.3. The monoisotopic (exact) mass is 518 g/mol. The maximum atomic E-state index is 12.8. The maximum Gasteiger partial charge on any atom is 0.312 e. The first-order valence-electron chi connectivity index (χ1n) is 14.1. The summed E-state index contributed by atoms with van der Waals surface area (Å²) in [6, 6.07) is 0. The van der Waals surface area contributed by atoms with Crippen LogP contribution >= 0.6 is 0 Å². The molecule has 0 spiro atoms. The van der Waals surface area contributed by atoms with Crippen LogP contribution in [0, 0.1) is 50.2 Å². The van der Waals surface area contributed by atoms with Gasteiger partial charge < -0.3 is 25.5 Å². The molecule has 4 fully saturated rings. The Hall–Kier alpha value is -1.44. The Morgan fingerprint density at radius 2 is 1.43 bits per heavy atom. The second kappa shape index (κ2) is 7.82. The number of fused-ring (bicyclic) bond motifs is 7. The zero-order valence-corrected chi connectivity index (χ0v) is 23.3. The summed E-state index contributed by atoms with van der Waals surface area (Å²) in [5, 5.41) is 54.3. The van der Waals surface area contributed by atoms with Crippen LogP contribution < -0.4 is 0 Å². The van der Waals surface area contributed by atoms with Gasteiger partial charge in [-0.2, -0.15) is 0 Å². The van der Waals surface area contributed by atoms with Crippen LogP contribution in [0.2, 0.25) is 0 Å². The molecule has 0 aromatic rings. The van der Waals surface area contributed by atoms with Crippen LogP contribution in [0.3, 0.4) is 0 Å². The molecule has 4 saturated carbocycles. The molecule has 11 atom stereocenters. The van der Waals surface area contributed by atoms with E-state index < -0.39 is 52.4 Å². The molecule has 0 aromatic carbocycles. The lowest BCUT2D eigenvalue weighted by molar-refractivity contribution is -0.241. The van der Waals surface area contributed by atoms with Crippen LogP contribution in [0.25, 0.3) is 0 Å². The van der Waals surface area contributed by atoms with Gasteiger partial charge in [-0.15, -0.1) is 0 Å². The van der Waals surface area contributed by atoms with Gasteiger partial charge in [-0.05, 0) is 91.8 Å². The number of aliphatic hydroxyl groups excluding tert-OH is 3. The first-order valence-corrected chi connectivity index (χ1v) is 14.1. The van der Waals surface area contributed by atoms with Gasteiger partial charge in [0.1, 0.15) is 0 Å². The predicted molar refractivity (Wildman–Crippen MR) is 137 cm³/mol. The second-order valence-electron chi connectivity index (χ2n) is 15.0. The van der Waals surface area contributed by atoms with Crippen LogP contribution in [0.4, 0.5) is 0 Å². The highest BCUT2D eigenvalue weighted by atomic mass is 16.4. The number of aliphatic carboxylic acids is 2. The third kappa shape index (κ3) is 3.05. The number of carboxylic acid groups (broad SMARTS) is 2. The summed E-state index contributed by atoms with van der Waals surface area (Å²) in [7, 11) is 0. The summed E-state index contributed by atoms with van der Waals surface area (Å²) < 4.78 is 0. The zero-order chi connectivity index (χ0) is 27.6. The molecule has 5 aliphatic carbocycles. The van der Waals surface area contributed by atoms with Gasteiger partial charge >= 0.3 is 11.9 Å². The smallest absolute Gasteiger partial charge is 0.312 e. The number of hydrogen-bond acceptors (Lipinski definition) is 5. The first kappa shape index (κ1) is 27.1. The molecule has 7 heteroatoms. The van der Waals surface area contributed by atoms with Crippen molar-refractivity contribution in [1.29, 1.82) is 0 Å². The Morgan fingerprint density at radius 1 is 0.811 bits per heavy atom. The van der Waals surface area contributed by atoms with E-state index in [0.29, 0.717) is 44.9 Å². The molecule has 0 heterocycles. The molecule has 5 aliphatic rings. The van der Waals surface area contributed by atoms with Crippen LogP contribution in [-0.2, 0) is 9.59 Å². The van der Waals surface area contributed by atoms with Crippen molar-refractivity contribution in [3.05, 3.63) is 11.6 Å². The largest absolute Gasteiger partial charge is 0.481 e. The fourth-order valence-electron chi connectivity index (χ4n) is 10.7. The van der Waals surface area contributed by atoms with E-state index in [1.54, 1.807) is 6.92 Å². The molecule has 37 heavy (non-hydrogen) atoms. The minimum absolute atomic E-state index is 0.0689. The topological polar surface area (TPSA) is 135 Å². The molecule has 0 aliphatic heterocycles. The van der Waals surface area contributed by atoms with Gasteiger partial charge in [-0.3, -0.25) is 9.59 Å². The fraction of sp³-hybridized carbons (Fsp3) is 0.867. The van der Waals surface area contributed by atoms with E-state index in [1.165, 1.54) is 0 Å². The van der Waals surface area contributed by atoms with E-state index in [-0.39, 0.29) is 28.1 Å². The van der Waals surface area contributed by atoms with Crippen molar-refractivity contribution in [2.75, 3.05) is 0 Å². The summed E-state index contributed by atoms with van der Waals surface area (Å²) in [5.74, 6) is -2.53. The summed E-state index contributed by atoms with van der Waals surface area (Å²) >= 11 is 0. The highest BCUT2D eigenvalue weighted by Crippen LogP contribution is 2.75. The molecule has 0 aromatic heterocycles. The standard InChI is InChI=1S/C30H46O7/c1-25(2)11-13-30(24(36)37)14-12-27(4)16(20(30)22(25)33)7-8-18-26(3)15-17(31)21(32)29(6,23(34)35)19(26)9-10-28(18,27)5/h7,17-22,31-33H,8-15H2,1-6H3,(H,34,35)(H,36,37)/t17-,18-,19?,20+,21+,22-,26-,27-,28-,29?,30+/m1/s1. The van der Waals surface area contributed by atoms with Crippen LogP contribution in [-0.4, -0.2) is 55.8 Å². The van der Waals surface area contributed by atoms with Gasteiger partial charge in [-0.1, -0.05) is 46.3 Å². The number of carbonyl (C=O) groups is 2. The number of hydrogen-bond donors (Lipinski definition) is 5. The first-order chi connectivity index (χ1) is 16.9. The lowest BCUT2D eigenvalue weighted by Crippen LogP contribution is -2.69. The second-order valence-corrected chi connectivity index (χ2v) is 15.0. The van der Waals surface area contributed by atoms with E-state index in [4.69, 9.17) is 0 Å². The van der Waals surface area contributed by atoms with Crippen molar-refractivity contribution >= 4 is 11.9 Å². The highest BCUT2D eigenvalue weighted by Gasteiger charge is 2.72. The van der Waals surface area contributed by atoms with E-state index in [0.717, 1.165) is 12.0 Å². The van der Waals surface area contributed by atoms with E-state index >= 15 is 0 Å². The van der Waals surface area contributed by atoms with E-state index in [2.05, 4.69) is 26.8 Å². The van der Waals surface area contributed by atoms with Gasteiger partial charge in [0.25, 0.3) is 0 Å². The van der Waals surface area contributed by atoms with Crippen molar-refractivity contribution < 1.29 is 35.1 Å². The van der Waals surface area contributed by atoms with E-state index in [1.807, 2.05) is 13.8 Å². The number of rotatable bonds is 2. The minimum Gasteiger partial charge on any atom is -0.481 e. The molecule has 208 valence electrons. The minimum atomic E-state index is -1.44. The Kier molecular flexibility index (Phi) is 5.73. The summed E-state index contributed by atoms with van der Waals surface area (Å²) in [6.07, 6.45) is 3.88. The lowest BCUT2D eigenvalue weighted by atomic mass is 9.33. The fourth-order valence-corrected chi connectivity index (χ4v) is 10.7. The third-order valence-electron chi connectivity index (χ3n) is 13.4. The Morgan fingerprint density at radius 3 is 2.03 bits per heavy atom. The number of allylic oxidation sites excluding steroid dienone is 1. The molecular weight excluding hydrogens is 472 g/mol. The number of carboxylic acids is 2. The molecule has 5 N–H and O–H groups in total. The molecule has 7 nitrogen and oxygen atoms in total. The maximum absolute atomic E-state index is 12.8. The predicted octanol–water partition coefficient (Wildman–Crippen LogP) is 4.24. The number of aliphatic hydroxyl groups is 3. The van der Waals surface area contributed by atoms with Crippen molar-refractivity contribution in [3.63, 3.8) is 0 Å².